The highest BCUT2D eigenvalue weighted by Gasteiger charge is 2.26. The van der Waals surface area contributed by atoms with E-state index >= 15 is 0 Å². The van der Waals surface area contributed by atoms with Gasteiger partial charge in [-0.05, 0) is 19.8 Å². The largest absolute Gasteiger partial charge is 0.369 e. The second-order valence-corrected chi connectivity index (χ2v) is 5.75. The molecule has 0 fully saturated rings. The summed E-state index contributed by atoms with van der Waals surface area (Å²) in [4.78, 5) is 23.2. The van der Waals surface area contributed by atoms with E-state index in [1.165, 1.54) is 10.9 Å². The Morgan fingerprint density at radius 2 is 2.16 bits per heavy atom. The van der Waals surface area contributed by atoms with Crippen molar-refractivity contribution in [1.29, 1.82) is 0 Å². The lowest BCUT2D eigenvalue weighted by Crippen LogP contribution is -2.45. The SMILES string of the molecule is CC(C)Cn1ncc(NC(C)(C)C(N)=O)c(Cl)c1=O. The minimum absolute atomic E-state index is 0.00461. The highest BCUT2D eigenvalue weighted by Crippen LogP contribution is 2.20. The molecule has 0 saturated heterocycles. The zero-order chi connectivity index (χ0) is 14.8. The highest BCUT2D eigenvalue weighted by atomic mass is 35.5. The van der Waals surface area contributed by atoms with Crippen molar-refractivity contribution < 1.29 is 4.79 Å². The number of aromatic nitrogens is 2. The van der Waals surface area contributed by atoms with Crippen LogP contribution < -0.4 is 16.6 Å². The van der Waals surface area contributed by atoms with Crippen LogP contribution in [0.25, 0.3) is 0 Å². The van der Waals surface area contributed by atoms with Gasteiger partial charge in [-0.3, -0.25) is 9.59 Å². The number of amides is 1. The van der Waals surface area contributed by atoms with E-state index in [0.717, 1.165) is 0 Å². The van der Waals surface area contributed by atoms with Crippen molar-refractivity contribution in [3.63, 3.8) is 0 Å². The van der Waals surface area contributed by atoms with Crippen LogP contribution in [0.15, 0.2) is 11.0 Å². The van der Waals surface area contributed by atoms with Gasteiger partial charge in [0.15, 0.2) is 0 Å². The van der Waals surface area contributed by atoms with E-state index in [1.54, 1.807) is 13.8 Å². The summed E-state index contributed by atoms with van der Waals surface area (Å²) in [7, 11) is 0. The Morgan fingerprint density at radius 1 is 1.58 bits per heavy atom. The average Bonchev–Trinajstić information content (AvgIpc) is 2.28. The zero-order valence-corrected chi connectivity index (χ0v) is 12.3. The van der Waals surface area contributed by atoms with Crippen LogP contribution in [0.1, 0.15) is 27.7 Å². The van der Waals surface area contributed by atoms with Gasteiger partial charge in [0.05, 0.1) is 11.9 Å². The van der Waals surface area contributed by atoms with Gasteiger partial charge in [-0.15, -0.1) is 0 Å². The van der Waals surface area contributed by atoms with Crippen molar-refractivity contribution in [2.24, 2.45) is 11.7 Å². The predicted molar refractivity (Wildman–Crippen MR) is 75.2 cm³/mol. The molecule has 0 unspecified atom stereocenters. The lowest BCUT2D eigenvalue weighted by molar-refractivity contribution is -0.121. The summed E-state index contributed by atoms with van der Waals surface area (Å²) in [6, 6.07) is 0. The molecule has 19 heavy (non-hydrogen) atoms. The molecule has 1 heterocycles. The van der Waals surface area contributed by atoms with Crippen molar-refractivity contribution in [3.8, 4) is 0 Å². The van der Waals surface area contributed by atoms with Crippen LogP contribution in [0.3, 0.4) is 0 Å². The van der Waals surface area contributed by atoms with E-state index in [1.807, 2.05) is 13.8 Å². The van der Waals surface area contributed by atoms with Crippen LogP contribution in [0.4, 0.5) is 5.69 Å². The number of nitrogens with one attached hydrogen (secondary N) is 1. The number of rotatable bonds is 5. The van der Waals surface area contributed by atoms with Crippen LogP contribution in [0, 0.1) is 5.92 Å². The number of halogens is 1. The Kier molecular flexibility index (Phi) is 4.57. The standard InChI is InChI=1S/C12H19ClN4O2/c1-7(2)6-17-10(18)9(13)8(5-15-17)16-12(3,4)11(14)19/h5,7,16H,6H2,1-4H3,(H2,14,19). The van der Waals surface area contributed by atoms with Crippen molar-refractivity contribution in [2.45, 2.75) is 39.8 Å². The summed E-state index contributed by atoms with van der Waals surface area (Å²) in [6.45, 7) is 7.64. The molecule has 0 aliphatic rings. The minimum atomic E-state index is -1.01. The Bertz CT molecular complexity index is 537. The number of hydrogen-bond acceptors (Lipinski definition) is 4. The fourth-order valence-electron chi connectivity index (χ4n) is 1.43. The normalized spacial score (nSPS) is 11.7. The third kappa shape index (κ3) is 3.70. The number of hydrogen-bond donors (Lipinski definition) is 2. The maximum absolute atomic E-state index is 12.0. The van der Waals surface area contributed by atoms with Crippen molar-refractivity contribution >= 4 is 23.2 Å². The second-order valence-electron chi connectivity index (χ2n) is 5.37. The van der Waals surface area contributed by atoms with Crippen molar-refractivity contribution in [1.82, 2.24) is 9.78 Å². The monoisotopic (exact) mass is 286 g/mol. The molecule has 106 valence electrons. The third-order valence-corrected chi connectivity index (χ3v) is 2.95. The molecular formula is C12H19ClN4O2. The van der Waals surface area contributed by atoms with E-state index in [0.29, 0.717) is 12.2 Å². The number of primary amides is 1. The summed E-state index contributed by atoms with van der Waals surface area (Å²) < 4.78 is 1.30. The van der Waals surface area contributed by atoms with Crippen molar-refractivity contribution in [3.05, 3.63) is 21.6 Å². The maximum Gasteiger partial charge on any atom is 0.287 e. The van der Waals surface area contributed by atoms with Crippen LogP contribution in [0.5, 0.6) is 0 Å². The van der Waals surface area contributed by atoms with Crippen LogP contribution >= 0.6 is 11.6 Å². The molecule has 0 aliphatic heterocycles. The molecule has 1 aromatic rings. The molecular weight excluding hydrogens is 268 g/mol. The molecule has 7 heteroatoms. The van der Waals surface area contributed by atoms with E-state index in [4.69, 9.17) is 17.3 Å². The quantitative estimate of drug-likeness (QED) is 0.852. The zero-order valence-electron chi connectivity index (χ0n) is 11.5. The molecule has 0 radical (unpaired) electrons. The number of carbonyl (C=O) groups excluding carboxylic acids is 1. The lowest BCUT2D eigenvalue weighted by atomic mass is 10.1. The van der Waals surface area contributed by atoms with E-state index in [-0.39, 0.29) is 16.5 Å². The molecule has 3 N–H and O–H groups in total. The Balaban J connectivity index is 3.10. The van der Waals surface area contributed by atoms with Crippen molar-refractivity contribution in [2.75, 3.05) is 5.32 Å². The van der Waals surface area contributed by atoms with E-state index < -0.39 is 11.4 Å². The van der Waals surface area contributed by atoms with Gasteiger partial charge < -0.3 is 11.1 Å². The Hall–Kier alpha value is -1.56. The van der Waals surface area contributed by atoms with Gasteiger partial charge in [0, 0.05) is 6.54 Å². The average molecular weight is 287 g/mol. The minimum Gasteiger partial charge on any atom is -0.369 e. The molecule has 0 saturated carbocycles. The van der Waals surface area contributed by atoms with Crippen LogP contribution in [-0.2, 0) is 11.3 Å². The van der Waals surface area contributed by atoms with Gasteiger partial charge in [-0.2, -0.15) is 5.10 Å². The number of anilines is 1. The summed E-state index contributed by atoms with van der Waals surface area (Å²) in [5.74, 6) is -0.267. The summed E-state index contributed by atoms with van der Waals surface area (Å²) in [5.41, 5.74) is 4.15. The molecule has 1 amide bonds. The number of nitrogens with two attached hydrogens (primary N) is 1. The topological polar surface area (TPSA) is 90.0 Å². The first-order valence-electron chi connectivity index (χ1n) is 5.99. The Morgan fingerprint density at radius 3 is 2.63 bits per heavy atom. The highest BCUT2D eigenvalue weighted by molar-refractivity contribution is 6.33. The first-order chi connectivity index (χ1) is 8.65. The molecule has 0 bridgehead atoms. The first kappa shape index (κ1) is 15.5. The van der Waals surface area contributed by atoms with Gasteiger partial charge in [0.1, 0.15) is 10.6 Å². The predicted octanol–water partition coefficient (Wildman–Crippen LogP) is 1.23. The number of carbonyl (C=O) groups is 1. The van der Waals surface area contributed by atoms with E-state index in [9.17, 15) is 9.59 Å². The van der Waals surface area contributed by atoms with Crippen LogP contribution in [-0.4, -0.2) is 21.2 Å². The summed E-state index contributed by atoms with van der Waals surface area (Å²) in [5, 5.41) is 6.86. The molecule has 0 aromatic carbocycles. The van der Waals surface area contributed by atoms with Crippen LogP contribution in [0.2, 0.25) is 5.02 Å². The van der Waals surface area contributed by atoms with Gasteiger partial charge in [-0.25, -0.2) is 4.68 Å². The molecule has 0 aliphatic carbocycles. The summed E-state index contributed by atoms with van der Waals surface area (Å²) >= 11 is 6.00. The molecule has 1 aromatic heterocycles. The summed E-state index contributed by atoms with van der Waals surface area (Å²) in [6.07, 6.45) is 1.43. The fourth-order valence-corrected chi connectivity index (χ4v) is 1.62. The molecule has 0 atom stereocenters. The third-order valence-electron chi connectivity index (χ3n) is 2.59. The van der Waals surface area contributed by atoms with E-state index in [2.05, 4.69) is 10.4 Å². The van der Waals surface area contributed by atoms with Gasteiger partial charge in [-0.1, -0.05) is 25.4 Å². The smallest absolute Gasteiger partial charge is 0.287 e. The molecule has 6 nitrogen and oxygen atoms in total. The molecule has 0 spiro atoms. The lowest BCUT2D eigenvalue weighted by Gasteiger charge is -2.24. The van der Waals surface area contributed by atoms with Gasteiger partial charge >= 0.3 is 0 Å². The van der Waals surface area contributed by atoms with Gasteiger partial charge in [0.2, 0.25) is 5.91 Å². The molecule has 1 rings (SSSR count). The fraction of sp³-hybridized carbons (Fsp3) is 0.583. The first-order valence-corrected chi connectivity index (χ1v) is 6.36. The second kappa shape index (κ2) is 5.61. The maximum atomic E-state index is 12.0. The Labute approximate surface area is 116 Å². The number of nitrogens with zero attached hydrogens (tertiary/aromatic N) is 2. The van der Waals surface area contributed by atoms with Gasteiger partial charge in [0.25, 0.3) is 5.56 Å².